The van der Waals surface area contributed by atoms with Crippen LogP contribution in [-0.4, -0.2) is 39.5 Å². The molecule has 1 saturated heterocycles. The van der Waals surface area contributed by atoms with Crippen molar-refractivity contribution in [3.05, 3.63) is 29.0 Å². The first kappa shape index (κ1) is 19.6. The fourth-order valence-electron chi connectivity index (χ4n) is 3.37. The molecule has 7 heteroatoms. The van der Waals surface area contributed by atoms with Crippen LogP contribution in [0, 0.1) is 17.7 Å². The summed E-state index contributed by atoms with van der Waals surface area (Å²) in [6.45, 7) is 8.19. The van der Waals surface area contributed by atoms with Crippen LogP contribution in [0.4, 0.5) is 4.39 Å². The Labute approximate surface area is 149 Å². The predicted molar refractivity (Wildman–Crippen MR) is 95.2 cm³/mol. The van der Waals surface area contributed by atoms with Gasteiger partial charge in [-0.15, -0.1) is 0 Å². The Bertz CT molecular complexity index is 644. The standard InChI is InChI=1S/C17H26ClFN2O2S/c1-13-9-14(2)12-21(11-13)8-4-3-7-20-24(22,23)15-5-6-17(19)16(18)10-15/h5-6,10,13-14,20H,3-4,7-9,11-12H2,1-2H3. The quantitative estimate of drug-likeness (QED) is 0.741. The molecule has 1 N–H and O–H groups in total. The summed E-state index contributed by atoms with van der Waals surface area (Å²) in [6, 6.07) is 3.42. The lowest BCUT2D eigenvalue weighted by atomic mass is 9.92. The molecule has 0 radical (unpaired) electrons. The van der Waals surface area contributed by atoms with Gasteiger partial charge in [0.15, 0.2) is 0 Å². The van der Waals surface area contributed by atoms with Gasteiger partial charge in [0.25, 0.3) is 0 Å². The Balaban J connectivity index is 1.74. The van der Waals surface area contributed by atoms with Gasteiger partial charge in [-0.05, 0) is 55.8 Å². The largest absolute Gasteiger partial charge is 0.303 e. The van der Waals surface area contributed by atoms with Gasteiger partial charge in [0.05, 0.1) is 9.92 Å². The van der Waals surface area contributed by atoms with Crippen LogP contribution in [0.25, 0.3) is 0 Å². The first-order valence-corrected chi connectivity index (χ1v) is 10.3. The fraction of sp³-hybridized carbons (Fsp3) is 0.647. The van der Waals surface area contributed by atoms with Crippen LogP contribution in [-0.2, 0) is 10.0 Å². The maximum atomic E-state index is 13.1. The molecule has 2 atom stereocenters. The van der Waals surface area contributed by atoms with E-state index in [0.717, 1.165) is 56.4 Å². The molecule has 24 heavy (non-hydrogen) atoms. The molecule has 0 aromatic heterocycles. The van der Waals surface area contributed by atoms with Gasteiger partial charge in [-0.3, -0.25) is 0 Å². The Kier molecular flexibility index (Phi) is 7.04. The molecule has 1 heterocycles. The summed E-state index contributed by atoms with van der Waals surface area (Å²) in [6.07, 6.45) is 3.01. The van der Waals surface area contributed by atoms with E-state index in [-0.39, 0.29) is 9.92 Å². The minimum Gasteiger partial charge on any atom is -0.303 e. The van der Waals surface area contributed by atoms with Gasteiger partial charge in [0.1, 0.15) is 5.82 Å². The number of hydrogen-bond acceptors (Lipinski definition) is 3. The van der Waals surface area contributed by atoms with Crippen molar-refractivity contribution >= 4 is 21.6 Å². The number of likely N-dealkylation sites (tertiary alicyclic amines) is 1. The molecule has 1 aromatic rings. The van der Waals surface area contributed by atoms with E-state index in [1.165, 1.54) is 12.5 Å². The van der Waals surface area contributed by atoms with Crippen molar-refractivity contribution in [1.29, 1.82) is 0 Å². The molecule has 136 valence electrons. The minimum atomic E-state index is -3.64. The SMILES string of the molecule is CC1CC(C)CN(CCCCNS(=O)(=O)c2ccc(F)c(Cl)c2)C1. The molecule has 1 fully saturated rings. The van der Waals surface area contributed by atoms with Crippen molar-refractivity contribution in [1.82, 2.24) is 9.62 Å². The van der Waals surface area contributed by atoms with Gasteiger partial charge in [0, 0.05) is 19.6 Å². The monoisotopic (exact) mass is 376 g/mol. The number of rotatable bonds is 7. The third-order valence-corrected chi connectivity index (χ3v) is 6.09. The summed E-state index contributed by atoms with van der Waals surface area (Å²) >= 11 is 5.64. The van der Waals surface area contributed by atoms with E-state index >= 15 is 0 Å². The van der Waals surface area contributed by atoms with Crippen molar-refractivity contribution in [2.75, 3.05) is 26.2 Å². The Morgan fingerprint density at radius 3 is 2.54 bits per heavy atom. The Morgan fingerprint density at radius 1 is 1.25 bits per heavy atom. The van der Waals surface area contributed by atoms with Gasteiger partial charge < -0.3 is 4.90 Å². The van der Waals surface area contributed by atoms with Crippen molar-refractivity contribution in [3.63, 3.8) is 0 Å². The summed E-state index contributed by atoms with van der Waals surface area (Å²) in [4.78, 5) is 2.46. The van der Waals surface area contributed by atoms with Crippen LogP contribution in [0.1, 0.15) is 33.1 Å². The summed E-state index contributed by atoms with van der Waals surface area (Å²) in [5.74, 6) is 0.839. The van der Waals surface area contributed by atoms with Gasteiger partial charge in [-0.1, -0.05) is 25.4 Å². The van der Waals surface area contributed by atoms with E-state index in [4.69, 9.17) is 11.6 Å². The van der Waals surface area contributed by atoms with Crippen molar-refractivity contribution < 1.29 is 12.8 Å². The third-order valence-electron chi connectivity index (χ3n) is 4.34. The smallest absolute Gasteiger partial charge is 0.240 e. The average Bonchev–Trinajstić information content (AvgIpc) is 2.48. The van der Waals surface area contributed by atoms with E-state index in [1.54, 1.807) is 0 Å². The molecule has 0 amide bonds. The highest BCUT2D eigenvalue weighted by atomic mass is 35.5. The maximum absolute atomic E-state index is 13.1. The van der Waals surface area contributed by atoms with Crippen molar-refractivity contribution in [2.45, 2.75) is 38.0 Å². The number of halogens is 2. The number of hydrogen-bond donors (Lipinski definition) is 1. The van der Waals surface area contributed by atoms with E-state index in [9.17, 15) is 12.8 Å². The third kappa shape index (κ3) is 5.69. The van der Waals surface area contributed by atoms with Crippen LogP contribution >= 0.6 is 11.6 Å². The van der Waals surface area contributed by atoms with E-state index < -0.39 is 15.8 Å². The fourth-order valence-corrected chi connectivity index (χ4v) is 4.71. The van der Waals surface area contributed by atoms with E-state index in [0.29, 0.717) is 6.54 Å². The van der Waals surface area contributed by atoms with Crippen LogP contribution in [0.2, 0.25) is 5.02 Å². The summed E-state index contributed by atoms with van der Waals surface area (Å²) in [5, 5.41) is -0.189. The second-order valence-corrected chi connectivity index (χ2v) is 9.06. The highest BCUT2D eigenvalue weighted by Gasteiger charge is 2.21. The molecular weight excluding hydrogens is 351 g/mol. The van der Waals surface area contributed by atoms with Gasteiger partial charge in [-0.2, -0.15) is 0 Å². The first-order chi connectivity index (χ1) is 11.3. The summed E-state index contributed by atoms with van der Waals surface area (Å²) in [5.41, 5.74) is 0. The van der Waals surface area contributed by atoms with E-state index in [2.05, 4.69) is 23.5 Å². The molecule has 1 aromatic carbocycles. The second-order valence-electron chi connectivity index (χ2n) is 6.89. The molecule has 2 rings (SSSR count). The average molecular weight is 377 g/mol. The summed E-state index contributed by atoms with van der Waals surface area (Å²) < 4.78 is 40.0. The lowest BCUT2D eigenvalue weighted by Crippen LogP contribution is -2.39. The van der Waals surface area contributed by atoms with Crippen molar-refractivity contribution in [3.8, 4) is 0 Å². The first-order valence-electron chi connectivity index (χ1n) is 8.45. The molecule has 0 aliphatic carbocycles. The highest BCUT2D eigenvalue weighted by Crippen LogP contribution is 2.21. The maximum Gasteiger partial charge on any atom is 0.240 e. The van der Waals surface area contributed by atoms with Gasteiger partial charge in [0.2, 0.25) is 10.0 Å². The van der Waals surface area contributed by atoms with Crippen LogP contribution in [0.3, 0.4) is 0 Å². The number of unbranched alkanes of at least 4 members (excludes halogenated alkanes) is 1. The molecule has 2 unspecified atom stereocenters. The normalized spacial score (nSPS) is 22.7. The van der Waals surface area contributed by atoms with Crippen LogP contribution in [0.5, 0.6) is 0 Å². The second kappa shape index (κ2) is 8.61. The number of piperidine rings is 1. The Morgan fingerprint density at radius 2 is 1.92 bits per heavy atom. The number of sulfonamides is 1. The van der Waals surface area contributed by atoms with Gasteiger partial charge in [-0.25, -0.2) is 17.5 Å². The molecule has 4 nitrogen and oxygen atoms in total. The number of nitrogens with zero attached hydrogens (tertiary/aromatic N) is 1. The topological polar surface area (TPSA) is 49.4 Å². The van der Waals surface area contributed by atoms with Crippen molar-refractivity contribution in [2.24, 2.45) is 11.8 Å². The lowest BCUT2D eigenvalue weighted by Gasteiger charge is -2.34. The molecular formula is C17H26ClFN2O2S. The molecule has 1 aliphatic rings. The van der Waals surface area contributed by atoms with Crippen LogP contribution < -0.4 is 4.72 Å². The van der Waals surface area contributed by atoms with Crippen LogP contribution in [0.15, 0.2) is 23.1 Å². The number of benzene rings is 1. The Hall–Kier alpha value is -0.690. The van der Waals surface area contributed by atoms with E-state index in [1.807, 2.05) is 0 Å². The molecule has 0 saturated carbocycles. The zero-order chi connectivity index (χ0) is 17.7. The predicted octanol–water partition coefficient (Wildman–Crippen LogP) is 3.52. The zero-order valence-corrected chi connectivity index (χ0v) is 15.8. The zero-order valence-electron chi connectivity index (χ0n) is 14.3. The number of nitrogens with one attached hydrogen (secondary N) is 1. The molecule has 1 aliphatic heterocycles. The molecule has 0 spiro atoms. The lowest BCUT2D eigenvalue weighted by molar-refractivity contribution is 0.139. The highest BCUT2D eigenvalue weighted by molar-refractivity contribution is 7.89. The minimum absolute atomic E-state index is 0.00687. The molecule has 0 bridgehead atoms. The summed E-state index contributed by atoms with van der Waals surface area (Å²) in [7, 11) is -3.64. The van der Waals surface area contributed by atoms with Gasteiger partial charge >= 0.3 is 0 Å².